The summed E-state index contributed by atoms with van der Waals surface area (Å²) in [5.41, 5.74) is 4.60. The molecular weight excluding hydrogens is 847 g/mol. The maximum atomic E-state index is 13.0. The van der Waals surface area contributed by atoms with Crippen molar-refractivity contribution in [1.29, 1.82) is 0 Å². The van der Waals surface area contributed by atoms with E-state index in [2.05, 4.69) is 56.3 Å². The van der Waals surface area contributed by atoms with Crippen LogP contribution in [0, 0.1) is 11.8 Å². The molecule has 3 aromatic carbocycles. The quantitative estimate of drug-likeness (QED) is 0.109. The number of imide groups is 1. The smallest absolute Gasteiger partial charge is 0.328 e. The average Bonchev–Trinajstić information content (AvgIpc) is 4.04. The summed E-state index contributed by atoms with van der Waals surface area (Å²) in [6.07, 6.45) is 9.71. The number of nitrogens with zero attached hydrogens (tertiary/aromatic N) is 6. The molecule has 3 aromatic heterocycles. The first-order valence-electron chi connectivity index (χ1n) is 23.4. The van der Waals surface area contributed by atoms with Gasteiger partial charge in [-0.1, -0.05) is 48.2 Å². The summed E-state index contributed by atoms with van der Waals surface area (Å²) in [7, 11) is 3.32. The Hall–Kier alpha value is -6.57. The highest BCUT2D eigenvalue weighted by Gasteiger charge is 2.44. The van der Waals surface area contributed by atoms with Crippen molar-refractivity contribution >= 4 is 45.4 Å². The second-order valence-electron chi connectivity index (χ2n) is 18.6. The van der Waals surface area contributed by atoms with Gasteiger partial charge in [0.2, 0.25) is 11.9 Å². The summed E-state index contributed by atoms with van der Waals surface area (Å²) < 4.78 is 14.0. The van der Waals surface area contributed by atoms with Crippen molar-refractivity contribution in [3.8, 4) is 28.7 Å². The molecule has 0 spiro atoms. The van der Waals surface area contributed by atoms with E-state index in [1.807, 2.05) is 60.8 Å². The number of urea groups is 1. The van der Waals surface area contributed by atoms with Crippen LogP contribution >= 0.6 is 0 Å². The van der Waals surface area contributed by atoms with E-state index in [9.17, 15) is 19.5 Å². The Labute approximate surface area is 389 Å². The number of aryl methyl sites for hydroxylation is 1. The lowest BCUT2D eigenvalue weighted by atomic mass is 9.87. The molecule has 3 amide bonds. The zero-order valence-corrected chi connectivity index (χ0v) is 38.3. The number of hydrogen-bond acceptors (Lipinski definition) is 11. The Morgan fingerprint density at radius 3 is 2.45 bits per heavy atom. The minimum absolute atomic E-state index is 0.0114. The minimum atomic E-state index is -1.22. The minimum Gasteiger partial charge on any atom is -0.495 e. The number of pyridine rings is 1. The van der Waals surface area contributed by atoms with Gasteiger partial charge in [-0.2, -0.15) is 0 Å². The largest absolute Gasteiger partial charge is 0.495 e. The number of hydrogen-bond donors (Lipinski definition) is 4. The molecule has 6 heterocycles. The molecule has 346 valence electrons. The maximum absolute atomic E-state index is 13.0. The molecule has 3 saturated heterocycles. The molecule has 1 saturated carbocycles. The summed E-state index contributed by atoms with van der Waals surface area (Å²) >= 11 is 0. The maximum Gasteiger partial charge on any atom is 0.328 e. The van der Waals surface area contributed by atoms with Gasteiger partial charge >= 0.3 is 6.03 Å². The Morgan fingerprint density at radius 2 is 1.72 bits per heavy atom. The highest BCUT2D eigenvalue weighted by atomic mass is 16.5. The van der Waals surface area contributed by atoms with E-state index >= 15 is 0 Å². The second kappa shape index (κ2) is 18.3. The number of H-pyrrole nitrogens is 1. The van der Waals surface area contributed by atoms with Crippen molar-refractivity contribution in [2.24, 2.45) is 7.05 Å². The van der Waals surface area contributed by atoms with Crippen LogP contribution in [0.2, 0.25) is 0 Å². The van der Waals surface area contributed by atoms with Gasteiger partial charge in [-0.05, 0) is 93.0 Å². The molecular formula is C52H57N9O6. The number of methoxy groups -OCH3 is 1. The van der Waals surface area contributed by atoms with Crippen LogP contribution in [-0.2, 0) is 22.2 Å². The summed E-state index contributed by atoms with van der Waals surface area (Å²) in [6.45, 7) is 6.38. The lowest BCUT2D eigenvalue weighted by Gasteiger charge is -2.45. The fourth-order valence-electron chi connectivity index (χ4n) is 10.0. The number of piperidine rings is 2. The number of aromatic amines is 1. The van der Waals surface area contributed by atoms with Crippen LogP contribution in [0.1, 0.15) is 68.7 Å². The van der Waals surface area contributed by atoms with Crippen LogP contribution in [0.15, 0.2) is 90.0 Å². The fourth-order valence-corrected chi connectivity index (χ4v) is 10.0. The predicted molar refractivity (Wildman–Crippen MR) is 258 cm³/mol. The van der Waals surface area contributed by atoms with Crippen molar-refractivity contribution in [2.45, 2.75) is 75.2 Å². The van der Waals surface area contributed by atoms with Crippen molar-refractivity contribution < 1.29 is 24.2 Å². The van der Waals surface area contributed by atoms with Crippen LogP contribution in [-0.4, -0.2) is 112 Å². The first-order chi connectivity index (χ1) is 32.5. The van der Waals surface area contributed by atoms with Gasteiger partial charge in [0.05, 0.1) is 43.3 Å². The van der Waals surface area contributed by atoms with Crippen LogP contribution in [0.4, 0.5) is 16.4 Å². The van der Waals surface area contributed by atoms with Gasteiger partial charge in [0.25, 0.3) is 5.56 Å². The van der Waals surface area contributed by atoms with E-state index in [1.165, 1.54) is 4.90 Å². The standard InChI is InChI=1S/C52H57N9O6/c1-51(54-23-7-8-34-11-16-44(66-3)43(30-34)61-27-20-45(63)56-50(61)65)21-28-59(29-22-51)37-18-25-60(26-19-37)49-55-42-15-12-35(41-32-58(2)48(64)46-39(41)17-24-53-46)31-40(42)47(57-49)52(33-62,67-38-13-14-38)36-9-5-4-6-10-36/h4-6,9-12,15-17,24,30-32,37-38,53-54,62H,13-14,18-23,25-29,33H2,1-3H3,(H,56,63,65)/t52-/m0/s1. The Balaban J connectivity index is 0.841. The first-order valence-corrected chi connectivity index (χ1v) is 23.4. The number of nitrogens with one attached hydrogen (secondary N) is 3. The van der Waals surface area contributed by atoms with E-state index < -0.39 is 11.6 Å². The Morgan fingerprint density at radius 1 is 0.925 bits per heavy atom. The van der Waals surface area contributed by atoms with E-state index in [0.29, 0.717) is 41.2 Å². The number of carbonyl (C=O) groups is 2. The van der Waals surface area contributed by atoms with Gasteiger partial charge in [-0.25, -0.2) is 14.8 Å². The first kappa shape index (κ1) is 44.3. The normalized spacial score (nSPS) is 19.0. The molecule has 1 aliphatic carbocycles. The lowest BCUT2D eigenvalue weighted by molar-refractivity contribution is -0.120. The summed E-state index contributed by atoms with van der Waals surface area (Å²) in [4.78, 5) is 57.4. The van der Waals surface area contributed by atoms with Gasteiger partial charge in [-0.3, -0.25) is 19.8 Å². The topological polar surface area (TPSA) is 170 Å². The van der Waals surface area contributed by atoms with Crippen LogP contribution < -0.4 is 30.7 Å². The van der Waals surface area contributed by atoms with Crippen molar-refractivity contribution in [1.82, 2.24) is 35.1 Å². The van der Waals surface area contributed by atoms with E-state index in [0.717, 1.165) is 103 Å². The number of rotatable bonds is 12. The number of aromatic nitrogens is 4. The Bertz CT molecular complexity index is 2960. The number of ether oxygens (including phenoxy) is 2. The van der Waals surface area contributed by atoms with E-state index in [4.69, 9.17) is 19.4 Å². The van der Waals surface area contributed by atoms with E-state index in [1.54, 1.807) is 31.0 Å². The van der Waals surface area contributed by atoms with Gasteiger partial charge in [-0.15, -0.1) is 0 Å². The summed E-state index contributed by atoms with van der Waals surface area (Å²) in [5, 5.41) is 19.2. The van der Waals surface area contributed by atoms with E-state index in [-0.39, 0.29) is 42.7 Å². The zero-order valence-electron chi connectivity index (χ0n) is 38.3. The summed E-state index contributed by atoms with van der Waals surface area (Å²) in [6, 6.07) is 23.5. The second-order valence-corrected chi connectivity index (χ2v) is 18.6. The molecule has 4 fully saturated rings. The highest BCUT2D eigenvalue weighted by molar-refractivity contribution is 6.06. The third kappa shape index (κ3) is 8.78. The Kier molecular flexibility index (Phi) is 12.1. The number of aliphatic hydroxyl groups excluding tert-OH is 1. The molecule has 6 aromatic rings. The van der Waals surface area contributed by atoms with Gasteiger partial charge < -0.3 is 39.2 Å². The monoisotopic (exact) mass is 903 g/mol. The molecule has 4 N–H and O–H groups in total. The average molecular weight is 904 g/mol. The van der Waals surface area contributed by atoms with Crippen molar-refractivity contribution in [3.05, 3.63) is 112 Å². The zero-order chi connectivity index (χ0) is 46.3. The molecule has 0 radical (unpaired) electrons. The van der Waals surface area contributed by atoms with Crippen LogP contribution in [0.25, 0.3) is 32.9 Å². The predicted octanol–water partition coefficient (Wildman–Crippen LogP) is 5.81. The van der Waals surface area contributed by atoms with Crippen molar-refractivity contribution in [2.75, 3.05) is 62.8 Å². The number of likely N-dealkylation sites (tertiary alicyclic amines) is 1. The molecule has 1 atom stereocenters. The fraction of sp³-hybridized carbons (Fsp3) is 0.404. The van der Waals surface area contributed by atoms with Crippen LogP contribution in [0.5, 0.6) is 5.75 Å². The van der Waals surface area contributed by atoms with Crippen molar-refractivity contribution in [3.63, 3.8) is 0 Å². The number of carbonyl (C=O) groups excluding carboxylic acids is 2. The highest BCUT2D eigenvalue weighted by Crippen LogP contribution is 2.43. The van der Waals surface area contributed by atoms with Crippen LogP contribution in [0.3, 0.4) is 0 Å². The number of fused-ring (bicyclic) bond motifs is 2. The molecule has 67 heavy (non-hydrogen) atoms. The van der Waals surface area contributed by atoms with Gasteiger partial charge in [0.15, 0.2) is 5.60 Å². The van der Waals surface area contributed by atoms with Gasteiger partial charge in [0.1, 0.15) is 11.3 Å². The molecule has 0 bridgehead atoms. The lowest BCUT2D eigenvalue weighted by Crippen LogP contribution is -2.55. The molecule has 10 rings (SSSR count). The number of aliphatic hydroxyl groups is 1. The molecule has 4 aliphatic rings. The number of benzene rings is 3. The third-order valence-electron chi connectivity index (χ3n) is 14.2. The third-order valence-corrected chi connectivity index (χ3v) is 14.2. The van der Waals surface area contributed by atoms with Gasteiger partial charge in [0, 0.05) is 92.1 Å². The SMILES string of the molecule is COc1ccc(C#CCNC2(C)CCN(C3CCN(c4nc([C@@](CO)(OC5CC5)c5ccccc5)c5cc(-c6cn(C)c(=O)c7[nH]ccc67)ccc5n4)CC3)CC2)cc1N1CCC(=O)NC1=O. The summed E-state index contributed by atoms with van der Waals surface area (Å²) in [5.74, 6) is 7.42. The number of amides is 3. The number of anilines is 2. The molecule has 15 nitrogen and oxygen atoms in total. The molecule has 3 aliphatic heterocycles. The molecule has 15 heteroatoms. The molecule has 0 unspecified atom stereocenters.